The summed E-state index contributed by atoms with van der Waals surface area (Å²) >= 11 is 1.61. The molecule has 0 aliphatic heterocycles. The maximum atomic E-state index is 13.7. The van der Waals surface area contributed by atoms with E-state index in [1.807, 2.05) is 35.8 Å². The Morgan fingerprint density at radius 1 is 1.14 bits per heavy atom. The van der Waals surface area contributed by atoms with Crippen molar-refractivity contribution in [2.24, 2.45) is 0 Å². The second kappa shape index (κ2) is 7.68. The molecule has 29 heavy (non-hydrogen) atoms. The first-order valence-electron chi connectivity index (χ1n) is 9.91. The van der Waals surface area contributed by atoms with Gasteiger partial charge in [0.1, 0.15) is 0 Å². The molecule has 0 fully saturated rings. The van der Waals surface area contributed by atoms with Gasteiger partial charge in [-0.05, 0) is 24.5 Å². The van der Waals surface area contributed by atoms with E-state index in [1.54, 1.807) is 11.8 Å². The van der Waals surface area contributed by atoms with Gasteiger partial charge in [-0.3, -0.25) is 9.36 Å². The molecule has 0 bridgehead atoms. The van der Waals surface area contributed by atoms with E-state index in [0.717, 1.165) is 39.7 Å². The normalized spacial score (nSPS) is 14.2. The number of hydrogen-bond acceptors (Lipinski definition) is 3. The van der Waals surface area contributed by atoms with Gasteiger partial charge in [0.25, 0.3) is 5.56 Å². The van der Waals surface area contributed by atoms with Crippen molar-refractivity contribution in [1.29, 1.82) is 0 Å². The van der Waals surface area contributed by atoms with Gasteiger partial charge >= 0.3 is 0 Å². The molecule has 1 aromatic heterocycles. The zero-order chi connectivity index (χ0) is 20.6. The van der Waals surface area contributed by atoms with Crippen molar-refractivity contribution in [3.8, 4) is 11.3 Å². The largest absolute Gasteiger partial charge is 0.283 e. The highest BCUT2D eigenvalue weighted by molar-refractivity contribution is 7.98. The zero-order valence-electron chi connectivity index (χ0n) is 17.2. The fraction of sp³-hybridized carbons (Fsp3) is 0.280. The molecule has 0 atom stereocenters. The van der Waals surface area contributed by atoms with Crippen LogP contribution in [0.4, 0.5) is 0 Å². The van der Waals surface area contributed by atoms with Gasteiger partial charge in [-0.1, -0.05) is 92.4 Å². The monoisotopic (exact) mass is 402 g/mol. The van der Waals surface area contributed by atoms with Gasteiger partial charge in [-0.15, -0.1) is 0 Å². The number of fused-ring (bicyclic) bond motifs is 3. The second-order valence-electron chi connectivity index (χ2n) is 8.46. The summed E-state index contributed by atoms with van der Waals surface area (Å²) in [6, 6.07) is 18.6. The standard InChI is InChI=1S/C25H26N2OS/c1-17(2)15-27-23(28)21-22(20-13-9-8-12-19(20)14-25(21,3)4)26-24(27)29-16-18-10-6-5-7-11-18/h5-13H,1,14-16H2,2-4H3. The highest BCUT2D eigenvalue weighted by Crippen LogP contribution is 2.41. The summed E-state index contributed by atoms with van der Waals surface area (Å²) in [5.74, 6) is 0.771. The van der Waals surface area contributed by atoms with Gasteiger partial charge in [0, 0.05) is 28.8 Å². The third-order valence-corrected chi connectivity index (χ3v) is 6.40. The highest BCUT2D eigenvalue weighted by atomic mass is 32.2. The number of aromatic nitrogens is 2. The molecule has 3 nitrogen and oxygen atoms in total. The van der Waals surface area contributed by atoms with E-state index < -0.39 is 0 Å². The maximum absolute atomic E-state index is 13.7. The van der Waals surface area contributed by atoms with E-state index in [-0.39, 0.29) is 11.0 Å². The van der Waals surface area contributed by atoms with Crippen LogP contribution in [0.25, 0.3) is 11.3 Å². The summed E-state index contributed by atoms with van der Waals surface area (Å²) in [5.41, 5.74) is 5.98. The molecule has 0 unspecified atom stereocenters. The lowest BCUT2D eigenvalue weighted by Gasteiger charge is -2.33. The molecular weight excluding hydrogens is 376 g/mol. The lowest BCUT2D eigenvalue weighted by molar-refractivity contribution is 0.488. The van der Waals surface area contributed by atoms with Crippen LogP contribution in [0.5, 0.6) is 0 Å². The summed E-state index contributed by atoms with van der Waals surface area (Å²) in [7, 11) is 0. The molecule has 1 aliphatic carbocycles. The van der Waals surface area contributed by atoms with Crippen LogP contribution in [0.15, 0.2) is 76.7 Å². The van der Waals surface area contributed by atoms with E-state index in [9.17, 15) is 4.79 Å². The van der Waals surface area contributed by atoms with E-state index in [4.69, 9.17) is 4.98 Å². The molecule has 0 amide bonds. The van der Waals surface area contributed by atoms with Gasteiger partial charge in [0.15, 0.2) is 5.16 Å². The smallest absolute Gasteiger partial charge is 0.258 e. The Bertz CT molecular complexity index is 1130. The molecular formula is C25H26N2OS. The molecule has 0 saturated carbocycles. The molecule has 0 radical (unpaired) electrons. The summed E-state index contributed by atoms with van der Waals surface area (Å²) in [4.78, 5) is 18.7. The molecule has 4 rings (SSSR count). The number of thioether (sulfide) groups is 1. The number of benzene rings is 2. The minimum Gasteiger partial charge on any atom is -0.283 e. The van der Waals surface area contributed by atoms with Crippen LogP contribution < -0.4 is 5.56 Å². The maximum Gasteiger partial charge on any atom is 0.258 e. The molecule has 148 valence electrons. The van der Waals surface area contributed by atoms with Gasteiger partial charge in [0.05, 0.1) is 5.69 Å². The quantitative estimate of drug-likeness (QED) is 0.316. The first-order chi connectivity index (χ1) is 13.9. The lowest BCUT2D eigenvalue weighted by atomic mass is 9.72. The first-order valence-corrected chi connectivity index (χ1v) is 10.9. The van der Waals surface area contributed by atoms with Crippen LogP contribution in [-0.4, -0.2) is 9.55 Å². The van der Waals surface area contributed by atoms with Crippen molar-refractivity contribution in [1.82, 2.24) is 9.55 Å². The molecule has 0 spiro atoms. The fourth-order valence-electron chi connectivity index (χ4n) is 4.05. The van der Waals surface area contributed by atoms with Crippen molar-refractivity contribution in [3.05, 3.63) is 93.8 Å². The van der Waals surface area contributed by atoms with Crippen LogP contribution in [0.1, 0.15) is 37.5 Å². The van der Waals surface area contributed by atoms with E-state index >= 15 is 0 Å². The summed E-state index contributed by atoms with van der Waals surface area (Å²) in [6.07, 6.45) is 0.844. The topological polar surface area (TPSA) is 34.9 Å². The fourth-order valence-corrected chi connectivity index (χ4v) is 5.00. The Morgan fingerprint density at radius 2 is 1.83 bits per heavy atom. The number of allylic oxidation sites excluding steroid dienone is 1. The first kappa shape index (κ1) is 19.7. The number of nitrogens with zero attached hydrogens (tertiary/aromatic N) is 2. The molecule has 0 saturated heterocycles. The predicted molar refractivity (Wildman–Crippen MR) is 121 cm³/mol. The van der Waals surface area contributed by atoms with Crippen molar-refractivity contribution in [3.63, 3.8) is 0 Å². The van der Waals surface area contributed by atoms with Crippen molar-refractivity contribution in [2.45, 2.75) is 50.1 Å². The molecule has 1 aliphatic rings. The molecule has 3 aromatic rings. The molecule has 0 N–H and O–H groups in total. The van der Waals surface area contributed by atoms with Crippen LogP contribution in [0.3, 0.4) is 0 Å². The van der Waals surface area contributed by atoms with E-state index in [1.165, 1.54) is 11.1 Å². The Hall–Kier alpha value is -2.59. The Morgan fingerprint density at radius 3 is 2.55 bits per heavy atom. The average Bonchev–Trinajstić information content (AvgIpc) is 2.68. The van der Waals surface area contributed by atoms with Gasteiger partial charge in [0.2, 0.25) is 0 Å². The zero-order valence-corrected chi connectivity index (χ0v) is 18.1. The Balaban J connectivity index is 1.88. The van der Waals surface area contributed by atoms with E-state index in [0.29, 0.717) is 6.54 Å². The van der Waals surface area contributed by atoms with Gasteiger partial charge in [-0.2, -0.15) is 0 Å². The van der Waals surface area contributed by atoms with Gasteiger partial charge < -0.3 is 0 Å². The Labute approximate surface area is 176 Å². The van der Waals surface area contributed by atoms with Crippen LogP contribution in [-0.2, 0) is 24.1 Å². The highest BCUT2D eigenvalue weighted by Gasteiger charge is 2.36. The predicted octanol–water partition coefficient (Wildman–Crippen LogP) is 5.61. The summed E-state index contributed by atoms with van der Waals surface area (Å²) < 4.78 is 1.81. The number of rotatable bonds is 5. The summed E-state index contributed by atoms with van der Waals surface area (Å²) in [5, 5.41) is 0.758. The minimum absolute atomic E-state index is 0.0630. The number of hydrogen-bond donors (Lipinski definition) is 0. The van der Waals surface area contributed by atoms with Crippen LogP contribution in [0, 0.1) is 0 Å². The van der Waals surface area contributed by atoms with Crippen LogP contribution in [0.2, 0.25) is 0 Å². The molecule has 2 aromatic carbocycles. The van der Waals surface area contributed by atoms with Crippen molar-refractivity contribution in [2.75, 3.05) is 0 Å². The van der Waals surface area contributed by atoms with Crippen molar-refractivity contribution >= 4 is 11.8 Å². The lowest BCUT2D eigenvalue weighted by Crippen LogP contribution is -2.38. The third-order valence-electron chi connectivity index (χ3n) is 5.35. The molecule has 4 heteroatoms. The average molecular weight is 403 g/mol. The summed E-state index contributed by atoms with van der Waals surface area (Å²) in [6.45, 7) is 10.8. The van der Waals surface area contributed by atoms with Crippen LogP contribution >= 0.6 is 11.8 Å². The second-order valence-corrected chi connectivity index (χ2v) is 9.40. The van der Waals surface area contributed by atoms with Gasteiger partial charge in [-0.25, -0.2) is 4.98 Å². The van der Waals surface area contributed by atoms with Crippen molar-refractivity contribution < 1.29 is 0 Å². The third kappa shape index (κ3) is 3.82. The SMILES string of the molecule is C=C(C)Cn1c(SCc2ccccc2)nc2c(c1=O)C(C)(C)Cc1ccccc1-2. The van der Waals surface area contributed by atoms with E-state index in [2.05, 4.69) is 50.8 Å². The Kier molecular flexibility index (Phi) is 5.22. The molecule has 1 heterocycles. The minimum atomic E-state index is -0.257.